The maximum Gasteiger partial charge on any atom is 0.264 e. The number of fused-ring (bicyclic) bond motifs is 1. The van der Waals surface area contributed by atoms with Crippen LogP contribution in [0.2, 0.25) is 5.02 Å². The molecule has 1 aromatic heterocycles. The zero-order valence-electron chi connectivity index (χ0n) is 26.8. The van der Waals surface area contributed by atoms with Crippen molar-refractivity contribution >= 4 is 49.9 Å². The highest BCUT2D eigenvalue weighted by molar-refractivity contribution is 7.93. The molecule has 0 fully saturated rings. The van der Waals surface area contributed by atoms with Crippen LogP contribution in [0.5, 0.6) is 11.5 Å². The lowest BCUT2D eigenvalue weighted by atomic mass is 9.96. The van der Waals surface area contributed by atoms with Gasteiger partial charge in [0, 0.05) is 22.2 Å². The first kappa shape index (κ1) is 34.3. The summed E-state index contributed by atoms with van der Waals surface area (Å²) in [4.78, 5) is 31.1. The number of carbonyl (C=O) groups is 2. The topological polar surface area (TPSA) is 135 Å². The van der Waals surface area contributed by atoms with Gasteiger partial charge in [-0.2, -0.15) is 0 Å². The van der Waals surface area contributed by atoms with Gasteiger partial charge in [-0.15, -0.1) is 0 Å². The van der Waals surface area contributed by atoms with Crippen molar-refractivity contribution in [3.8, 4) is 22.6 Å². The first-order valence-corrected chi connectivity index (χ1v) is 17.6. The quantitative estimate of drug-likeness (QED) is 0.120. The van der Waals surface area contributed by atoms with Gasteiger partial charge in [-0.05, 0) is 73.0 Å². The van der Waals surface area contributed by atoms with E-state index in [0.29, 0.717) is 22.4 Å². The van der Waals surface area contributed by atoms with E-state index in [1.807, 2.05) is 78.9 Å². The van der Waals surface area contributed by atoms with Gasteiger partial charge in [0.05, 0.1) is 22.8 Å². The van der Waals surface area contributed by atoms with E-state index in [-0.39, 0.29) is 33.1 Å². The molecule has 11 heteroatoms. The molecule has 0 aliphatic carbocycles. The Hall–Kier alpha value is -5.55. The van der Waals surface area contributed by atoms with E-state index in [2.05, 4.69) is 15.0 Å². The molecule has 0 radical (unpaired) electrons. The van der Waals surface area contributed by atoms with Gasteiger partial charge in [0.15, 0.2) is 5.78 Å². The fourth-order valence-corrected chi connectivity index (χ4v) is 6.93. The predicted octanol–water partition coefficient (Wildman–Crippen LogP) is 7.44. The van der Waals surface area contributed by atoms with Gasteiger partial charge in [-0.25, -0.2) is 8.42 Å². The lowest BCUT2D eigenvalue weighted by Crippen LogP contribution is -2.46. The summed E-state index contributed by atoms with van der Waals surface area (Å²) in [5.74, 6) is -0.00238. The number of hydrogen-bond donors (Lipinski definition) is 3. The number of halogens is 1. The molecule has 0 saturated carbocycles. The van der Waals surface area contributed by atoms with Crippen molar-refractivity contribution in [2.24, 2.45) is 0 Å². The Balaban J connectivity index is 1.24. The number of aliphatic hydroxyl groups excluding tert-OH is 1. The van der Waals surface area contributed by atoms with Crippen LogP contribution in [0.25, 0.3) is 22.0 Å². The summed E-state index contributed by atoms with van der Waals surface area (Å²) >= 11 is 6.25. The van der Waals surface area contributed by atoms with Gasteiger partial charge >= 0.3 is 0 Å². The Morgan fingerprint density at radius 3 is 2.34 bits per heavy atom. The van der Waals surface area contributed by atoms with Crippen molar-refractivity contribution in [3.63, 3.8) is 0 Å². The van der Waals surface area contributed by atoms with Crippen LogP contribution in [0, 0.1) is 0 Å². The maximum absolute atomic E-state index is 13.7. The Bertz CT molecular complexity index is 2270. The molecule has 6 rings (SSSR count). The van der Waals surface area contributed by atoms with Gasteiger partial charge in [0.2, 0.25) is 0 Å². The average molecular weight is 706 g/mol. The molecule has 1 heterocycles. The number of benzene rings is 5. The molecular formula is C39H32ClN3O6S. The molecule has 6 aromatic rings. The second kappa shape index (κ2) is 14.9. The summed E-state index contributed by atoms with van der Waals surface area (Å²) in [5, 5.41) is 13.7. The summed E-state index contributed by atoms with van der Waals surface area (Å²) < 4.78 is 35.7. The maximum atomic E-state index is 13.7. The van der Waals surface area contributed by atoms with Crippen LogP contribution in [-0.2, 0) is 21.2 Å². The van der Waals surface area contributed by atoms with E-state index in [1.54, 1.807) is 24.3 Å². The van der Waals surface area contributed by atoms with Crippen molar-refractivity contribution in [1.29, 1.82) is 0 Å². The fourth-order valence-electron chi connectivity index (χ4n) is 5.50. The first-order chi connectivity index (χ1) is 24.1. The number of ketones is 1. The smallest absolute Gasteiger partial charge is 0.264 e. The van der Waals surface area contributed by atoms with Crippen molar-refractivity contribution in [2.75, 3.05) is 4.72 Å². The monoisotopic (exact) mass is 705 g/mol. The van der Waals surface area contributed by atoms with Crippen LogP contribution in [-0.4, -0.2) is 42.3 Å². The zero-order valence-corrected chi connectivity index (χ0v) is 28.4. The van der Waals surface area contributed by atoms with E-state index < -0.39 is 33.9 Å². The number of aromatic nitrogens is 1. The van der Waals surface area contributed by atoms with Gasteiger partial charge < -0.3 is 15.2 Å². The normalized spacial score (nSPS) is 12.5. The Labute approximate surface area is 294 Å². The lowest BCUT2D eigenvalue weighted by molar-refractivity contribution is -0.128. The second-order valence-corrected chi connectivity index (χ2v) is 13.6. The van der Waals surface area contributed by atoms with Gasteiger partial charge in [0.25, 0.3) is 15.9 Å². The number of anilines is 1. The molecule has 0 spiro atoms. The van der Waals surface area contributed by atoms with Crippen LogP contribution < -0.4 is 14.8 Å². The molecule has 50 heavy (non-hydrogen) atoms. The average Bonchev–Trinajstić information content (AvgIpc) is 3.12. The number of nitrogens with one attached hydrogen (secondary N) is 2. The molecule has 2 atom stereocenters. The van der Waals surface area contributed by atoms with Crippen LogP contribution >= 0.6 is 11.6 Å². The van der Waals surface area contributed by atoms with Gasteiger partial charge in [-0.1, -0.05) is 90.5 Å². The summed E-state index contributed by atoms with van der Waals surface area (Å²) in [6.45, 7) is 1.32. The number of hydrogen-bond acceptors (Lipinski definition) is 7. The predicted molar refractivity (Wildman–Crippen MR) is 194 cm³/mol. The third-order valence-electron chi connectivity index (χ3n) is 7.98. The molecular weight excluding hydrogens is 674 g/mol. The van der Waals surface area contributed by atoms with Crippen molar-refractivity contribution in [2.45, 2.75) is 30.4 Å². The van der Waals surface area contributed by atoms with E-state index in [9.17, 15) is 23.1 Å². The van der Waals surface area contributed by atoms with Crippen molar-refractivity contribution < 1.29 is 27.9 Å². The van der Waals surface area contributed by atoms with Crippen molar-refractivity contribution in [1.82, 2.24) is 10.3 Å². The third kappa shape index (κ3) is 7.84. The van der Waals surface area contributed by atoms with Crippen LogP contribution in [0.3, 0.4) is 0 Å². The number of rotatable bonds is 12. The number of nitrogens with zero attached hydrogens (tertiary/aromatic N) is 1. The summed E-state index contributed by atoms with van der Waals surface area (Å²) in [6, 6.07) is 35.7. The van der Waals surface area contributed by atoms with Gasteiger partial charge in [-0.3, -0.25) is 19.3 Å². The summed E-state index contributed by atoms with van der Waals surface area (Å²) in [5.41, 5.74) is 2.56. The Morgan fingerprint density at radius 1 is 0.860 bits per heavy atom. The highest BCUT2D eigenvalue weighted by Crippen LogP contribution is 2.33. The molecule has 1 amide bonds. The number of Topliss-reactive ketones (excluding diaryl/α,β-unsaturated/α-hetero) is 1. The number of amides is 1. The molecule has 5 aromatic carbocycles. The van der Waals surface area contributed by atoms with E-state index in [0.717, 1.165) is 11.1 Å². The van der Waals surface area contributed by atoms with Gasteiger partial charge in [0.1, 0.15) is 22.5 Å². The SMILES string of the molecule is CC(O)C(=O)[C@H](Cc1ccc(-c2ccccc2Oc2ccccc2)cc1)NC(=O)c1cc(Cl)ccc1NS(=O)(=O)c1cccc2cccnc12. The highest BCUT2D eigenvalue weighted by Gasteiger charge is 2.28. The standard InChI is InChI=1S/C39H32ClN3O6S/c1-25(44)38(45)34(23-26-16-18-27(19-17-26)31-13-5-6-14-35(31)49-30-11-3-2-4-12-30)42-39(46)32-24-29(40)20-21-33(32)43-50(47,48)36-15-7-9-28-10-8-22-41-37(28)36/h2-22,24-25,34,43-44H,23H2,1H3,(H,42,46)/t25?,34-/m0/s1. The molecule has 9 nitrogen and oxygen atoms in total. The largest absolute Gasteiger partial charge is 0.457 e. The summed E-state index contributed by atoms with van der Waals surface area (Å²) in [7, 11) is -4.22. The first-order valence-electron chi connectivity index (χ1n) is 15.7. The molecule has 0 bridgehead atoms. The minimum absolute atomic E-state index is 0.0520. The summed E-state index contributed by atoms with van der Waals surface area (Å²) in [6.07, 6.45) is 0.174. The lowest BCUT2D eigenvalue weighted by Gasteiger charge is -2.21. The minimum atomic E-state index is -4.22. The number of sulfonamides is 1. The van der Waals surface area contributed by atoms with Crippen LogP contribution in [0.15, 0.2) is 138 Å². The third-order valence-corrected chi connectivity index (χ3v) is 9.61. The number of pyridine rings is 1. The zero-order chi connectivity index (χ0) is 35.3. The van der Waals surface area contributed by atoms with Crippen LogP contribution in [0.1, 0.15) is 22.8 Å². The number of ether oxygens (including phenoxy) is 1. The van der Waals surface area contributed by atoms with Crippen LogP contribution in [0.4, 0.5) is 5.69 Å². The minimum Gasteiger partial charge on any atom is -0.457 e. The second-order valence-electron chi connectivity index (χ2n) is 11.5. The molecule has 0 saturated heterocycles. The Kier molecular flexibility index (Phi) is 10.2. The molecule has 1 unspecified atom stereocenters. The molecule has 0 aliphatic rings. The van der Waals surface area contributed by atoms with E-state index in [4.69, 9.17) is 16.3 Å². The van der Waals surface area contributed by atoms with E-state index >= 15 is 0 Å². The molecule has 252 valence electrons. The number of carbonyl (C=O) groups excluding carboxylic acids is 2. The molecule has 0 aliphatic heterocycles. The number of para-hydroxylation sites is 3. The van der Waals surface area contributed by atoms with Crippen molar-refractivity contribution in [3.05, 3.63) is 150 Å². The fraction of sp³-hybridized carbons (Fsp3) is 0.103. The highest BCUT2D eigenvalue weighted by atomic mass is 35.5. The number of aliphatic hydroxyl groups is 1. The Morgan fingerprint density at radius 2 is 1.58 bits per heavy atom. The van der Waals surface area contributed by atoms with E-state index in [1.165, 1.54) is 37.4 Å². The molecule has 3 N–H and O–H groups in total.